The zero-order chi connectivity index (χ0) is 12.4. The number of nitrogen functional groups attached to an aromatic ring is 1. The van der Waals surface area contributed by atoms with E-state index in [1.807, 2.05) is 30.3 Å². The topological polar surface area (TPSA) is 57.4 Å². The summed E-state index contributed by atoms with van der Waals surface area (Å²) in [7, 11) is 0. The molecule has 0 atom stereocenters. The molecule has 18 heavy (non-hydrogen) atoms. The monoisotopic (exact) mass is 242 g/mol. The summed E-state index contributed by atoms with van der Waals surface area (Å²) in [5.74, 6) is 1.54. The highest BCUT2D eigenvalue weighted by Gasteiger charge is 2.12. The number of ether oxygens (including phenoxy) is 2. The van der Waals surface area contributed by atoms with Crippen LogP contribution in [0, 0.1) is 0 Å². The molecule has 0 unspecified atom stereocenters. The fourth-order valence-corrected chi connectivity index (χ4v) is 1.97. The van der Waals surface area contributed by atoms with Crippen LogP contribution in [0.5, 0.6) is 11.5 Å². The number of fused-ring (bicyclic) bond motifs is 1. The predicted molar refractivity (Wildman–Crippen MR) is 69.7 cm³/mol. The number of benzene rings is 1. The lowest BCUT2D eigenvalue weighted by molar-refractivity contribution is 0.297. The first kappa shape index (κ1) is 10.9. The van der Waals surface area contributed by atoms with Gasteiger partial charge in [-0.3, -0.25) is 4.98 Å². The molecule has 1 aliphatic rings. The van der Waals surface area contributed by atoms with Gasteiger partial charge in [-0.1, -0.05) is 0 Å². The summed E-state index contributed by atoms with van der Waals surface area (Å²) in [6.07, 6.45) is 2.63. The molecule has 0 bridgehead atoms. The molecule has 2 aromatic rings. The molecular formula is C14H14N2O2. The highest BCUT2D eigenvalue weighted by atomic mass is 16.5. The van der Waals surface area contributed by atoms with Gasteiger partial charge in [0.15, 0.2) is 11.5 Å². The van der Waals surface area contributed by atoms with Gasteiger partial charge in [-0.2, -0.15) is 0 Å². The van der Waals surface area contributed by atoms with Gasteiger partial charge in [0, 0.05) is 18.2 Å². The van der Waals surface area contributed by atoms with Crippen LogP contribution in [0.3, 0.4) is 0 Å². The maximum atomic E-state index is 5.92. The third-order valence-electron chi connectivity index (χ3n) is 2.86. The van der Waals surface area contributed by atoms with Crippen molar-refractivity contribution < 1.29 is 9.47 Å². The average molecular weight is 242 g/mol. The van der Waals surface area contributed by atoms with Crippen LogP contribution in [0.1, 0.15) is 6.42 Å². The van der Waals surface area contributed by atoms with Gasteiger partial charge in [0.1, 0.15) is 0 Å². The molecular weight excluding hydrogens is 228 g/mol. The van der Waals surface area contributed by atoms with E-state index in [1.165, 1.54) is 0 Å². The standard InChI is InChI=1S/C14H14N2O2/c15-11-3-1-6-16-14(11)10-4-5-12-13(9-10)18-8-2-7-17-12/h1,3-6,9H,2,7-8,15H2. The van der Waals surface area contributed by atoms with Crippen molar-refractivity contribution in [3.63, 3.8) is 0 Å². The Morgan fingerprint density at radius 2 is 1.89 bits per heavy atom. The lowest BCUT2D eigenvalue weighted by Gasteiger charge is -2.10. The minimum absolute atomic E-state index is 0.659. The molecule has 1 aromatic heterocycles. The highest BCUT2D eigenvalue weighted by Crippen LogP contribution is 2.34. The second-order valence-corrected chi connectivity index (χ2v) is 4.15. The molecule has 0 saturated heterocycles. The van der Waals surface area contributed by atoms with Gasteiger partial charge in [0.2, 0.25) is 0 Å². The van der Waals surface area contributed by atoms with Crippen molar-refractivity contribution in [2.75, 3.05) is 18.9 Å². The predicted octanol–water partition coefficient (Wildman–Crippen LogP) is 2.49. The van der Waals surface area contributed by atoms with Gasteiger partial charge >= 0.3 is 0 Å². The van der Waals surface area contributed by atoms with E-state index >= 15 is 0 Å². The third-order valence-corrected chi connectivity index (χ3v) is 2.86. The van der Waals surface area contributed by atoms with Crippen LogP contribution in [-0.4, -0.2) is 18.2 Å². The summed E-state index contributed by atoms with van der Waals surface area (Å²) in [6, 6.07) is 9.45. The summed E-state index contributed by atoms with van der Waals surface area (Å²) < 4.78 is 11.2. The van der Waals surface area contributed by atoms with Crippen LogP contribution in [0.15, 0.2) is 36.5 Å². The van der Waals surface area contributed by atoms with E-state index in [2.05, 4.69) is 4.98 Å². The molecule has 4 nitrogen and oxygen atoms in total. The Balaban J connectivity index is 2.04. The normalized spacial score (nSPS) is 14.0. The molecule has 0 amide bonds. The molecule has 0 radical (unpaired) electrons. The fourth-order valence-electron chi connectivity index (χ4n) is 1.97. The zero-order valence-electron chi connectivity index (χ0n) is 9.93. The van der Waals surface area contributed by atoms with Crippen LogP contribution in [0.25, 0.3) is 11.3 Å². The molecule has 1 aromatic carbocycles. The number of rotatable bonds is 1. The van der Waals surface area contributed by atoms with Crippen molar-refractivity contribution in [2.45, 2.75) is 6.42 Å². The number of aromatic nitrogens is 1. The number of nitrogens with two attached hydrogens (primary N) is 1. The number of pyridine rings is 1. The Kier molecular flexibility index (Phi) is 2.76. The van der Waals surface area contributed by atoms with E-state index in [9.17, 15) is 0 Å². The van der Waals surface area contributed by atoms with E-state index in [-0.39, 0.29) is 0 Å². The largest absolute Gasteiger partial charge is 0.490 e. The van der Waals surface area contributed by atoms with E-state index in [4.69, 9.17) is 15.2 Å². The van der Waals surface area contributed by atoms with Gasteiger partial charge in [-0.25, -0.2) is 0 Å². The number of hydrogen-bond acceptors (Lipinski definition) is 4. The number of anilines is 1. The molecule has 0 spiro atoms. The maximum Gasteiger partial charge on any atom is 0.161 e. The van der Waals surface area contributed by atoms with E-state index < -0.39 is 0 Å². The van der Waals surface area contributed by atoms with Gasteiger partial charge in [-0.05, 0) is 30.3 Å². The average Bonchev–Trinajstić information content (AvgIpc) is 2.63. The van der Waals surface area contributed by atoms with Gasteiger partial charge in [-0.15, -0.1) is 0 Å². The summed E-state index contributed by atoms with van der Waals surface area (Å²) in [5.41, 5.74) is 8.30. The highest BCUT2D eigenvalue weighted by molar-refractivity contribution is 5.74. The summed E-state index contributed by atoms with van der Waals surface area (Å²) in [4.78, 5) is 4.30. The Morgan fingerprint density at radius 1 is 1.06 bits per heavy atom. The fraction of sp³-hybridized carbons (Fsp3) is 0.214. The van der Waals surface area contributed by atoms with Crippen molar-refractivity contribution in [3.05, 3.63) is 36.5 Å². The summed E-state index contributed by atoms with van der Waals surface area (Å²) in [6.45, 7) is 1.37. The number of nitrogens with zero attached hydrogens (tertiary/aromatic N) is 1. The number of hydrogen-bond donors (Lipinski definition) is 1. The molecule has 4 heteroatoms. The van der Waals surface area contributed by atoms with Crippen molar-refractivity contribution >= 4 is 5.69 Å². The quantitative estimate of drug-likeness (QED) is 0.834. The van der Waals surface area contributed by atoms with Crippen LogP contribution >= 0.6 is 0 Å². The van der Waals surface area contributed by atoms with Crippen molar-refractivity contribution in [2.24, 2.45) is 0 Å². The molecule has 92 valence electrons. The minimum Gasteiger partial charge on any atom is -0.490 e. The van der Waals surface area contributed by atoms with E-state index in [1.54, 1.807) is 6.20 Å². The minimum atomic E-state index is 0.659. The Hall–Kier alpha value is -2.23. The molecule has 0 fully saturated rings. The molecule has 2 N–H and O–H groups in total. The first-order valence-corrected chi connectivity index (χ1v) is 5.95. The maximum absolute atomic E-state index is 5.92. The summed E-state index contributed by atoms with van der Waals surface area (Å²) >= 11 is 0. The first-order valence-electron chi connectivity index (χ1n) is 5.95. The van der Waals surface area contributed by atoms with Gasteiger partial charge in [0.05, 0.1) is 24.6 Å². The zero-order valence-corrected chi connectivity index (χ0v) is 9.93. The Morgan fingerprint density at radius 3 is 2.72 bits per heavy atom. The first-order chi connectivity index (χ1) is 8.84. The van der Waals surface area contributed by atoms with E-state index in [0.29, 0.717) is 18.9 Å². The summed E-state index contributed by atoms with van der Waals surface area (Å²) in [5, 5.41) is 0. The molecule has 1 aliphatic heterocycles. The Bertz CT molecular complexity index is 569. The lowest BCUT2D eigenvalue weighted by Crippen LogP contribution is -1.97. The SMILES string of the molecule is Nc1cccnc1-c1ccc2c(c1)OCCCO2. The second-order valence-electron chi connectivity index (χ2n) is 4.15. The lowest BCUT2D eigenvalue weighted by atomic mass is 10.1. The third kappa shape index (κ3) is 1.97. The van der Waals surface area contributed by atoms with E-state index in [0.717, 1.165) is 29.2 Å². The van der Waals surface area contributed by atoms with Crippen molar-refractivity contribution in [3.8, 4) is 22.8 Å². The van der Waals surface area contributed by atoms with Crippen LogP contribution in [0.2, 0.25) is 0 Å². The molecule has 3 rings (SSSR count). The van der Waals surface area contributed by atoms with Crippen LogP contribution in [-0.2, 0) is 0 Å². The second kappa shape index (κ2) is 4.56. The van der Waals surface area contributed by atoms with Crippen LogP contribution in [0.4, 0.5) is 5.69 Å². The van der Waals surface area contributed by atoms with Crippen molar-refractivity contribution in [1.29, 1.82) is 0 Å². The van der Waals surface area contributed by atoms with Crippen LogP contribution < -0.4 is 15.2 Å². The van der Waals surface area contributed by atoms with Gasteiger partial charge < -0.3 is 15.2 Å². The molecule has 2 heterocycles. The van der Waals surface area contributed by atoms with Gasteiger partial charge in [0.25, 0.3) is 0 Å². The van der Waals surface area contributed by atoms with Crippen molar-refractivity contribution in [1.82, 2.24) is 4.98 Å². The molecule has 0 saturated carbocycles. The smallest absolute Gasteiger partial charge is 0.161 e. The molecule has 0 aliphatic carbocycles. The Labute approximate surface area is 105 Å².